The molecular weight excluding hydrogens is 244 g/mol. The maximum Gasteiger partial charge on any atom is 0.222 e. The molecule has 19 heavy (non-hydrogen) atoms. The SMILES string of the molecule is CCCC(=O)N1CCC(NC(=O)CCC(C)=O)CC1. The molecule has 108 valence electrons. The minimum atomic E-state index is -0.0615. The average molecular weight is 268 g/mol. The van der Waals surface area contributed by atoms with Gasteiger partial charge in [0.05, 0.1) is 0 Å². The van der Waals surface area contributed by atoms with Crippen LogP contribution in [-0.4, -0.2) is 41.6 Å². The van der Waals surface area contributed by atoms with Crippen LogP contribution in [0.2, 0.25) is 0 Å². The van der Waals surface area contributed by atoms with E-state index in [1.165, 1.54) is 6.92 Å². The highest BCUT2D eigenvalue weighted by molar-refractivity contribution is 5.83. The predicted molar refractivity (Wildman–Crippen MR) is 72.6 cm³/mol. The quantitative estimate of drug-likeness (QED) is 0.788. The summed E-state index contributed by atoms with van der Waals surface area (Å²) < 4.78 is 0. The van der Waals surface area contributed by atoms with Crippen molar-refractivity contribution in [2.75, 3.05) is 13.1 Å². The molecule has 0 radical (unpaired) electrons. The fraction of sp³-hybridized carbons (Fsp3) is 0.786. The van der Waals surface area contributed by atoms with Crippen molar-refractivity contribution in [1.82, 2.24) is 10.2 Å². The smallest absolute Gasteiger partial charge is 0.222 e. The lowest BCUT2D eigenvalue weighted by molar-refractivity contribution is -0.132. The Hall–Kier alpha value is -1.39. The zero-order chi connectivity index (χ0) is 14.3. The molecule has 0 aromatic heterocycles. The first-order chi connectivity index (χ1) is 9.02. The normalized spacial score (nSPS) is 16.2. The Kier molecular flexibility index (Phi) is 6.53. The summed E-state index contributed by atoms with van der Waals surface area (Å²) in [7, 11) is 0. The van der Waals surface area contributed by atoms with Crippen LogP contribution >= 0.6 is 0 Å². The third-order valence-corrected chi connectivity index (χ3v) is 3.38. The highest BCUT2D eigenvalue weighted by Gasteiger charge is 2.23. The van der Waals surface area contributed by atoms with Crippen molar-refractivity contribution in [2.45, 2.75) is 58.4 Å². The van der Waals surface area contributed by atoms with E-state index >= 15 is 0 Å². The van der Waals surface area contributed by atoms with Gasteiger partial charge in [-0.1, -0.05) is 6.92 Å². The number of piperidine rings is 1. The molecule has 1 heterocycles. The van der Waals surface area contributed by atoms with E-state index in [-0.39, 0.29) is 30.1 Å². The van der Waals surface area contributed by atoms with E-state index < -0.39 is 0 Å². The number of carbonyl (C=O) groups is 3. The Morgan fingerprint density at radius 3 is 2.26 bits per heavy atom. The van der Waals surface area contributed by atoms with E-state index in [0.29, 0.717) is 12.8 Å². The summed E-state index contributed by atoms with van der Waals surface area (Å²) in [4.78, 5) is 36.0. The highest BCUT2D eigenvalue weighted by atomic mass is 16.2. The number of nitrogens with zero attached hydrogens (tertiary/aromatic N) is 1. The van der Waals surface area contributed by atoms with Crippen LogP contribution in [0.3, 0.4) is 0 Å². The van der Waals surface area contributed by atoms with Crippen LogP contribution in [0, 0.1) is 0 Å². The molecule has 0 spiro atoms. The maximum absolute atomic E-state index is 11.7. The predicted octanol–water partition coefficient (Wildman–Crippen LogP) is 1.26. The van der Waals surface area contributed by atoms with Gasteiger partial charge in [0.15, 0.2) is 0 Å². The van der Waals surface area contributed by atoms with Crippen LogP contribution < -0.4 is 5.32 Å². The molecule has 1 aliphatic heterocycles. The average Bonchev–Trinajstić information content (AvgIpc) is 2.37. The minimum absolute atomic E-state index is 0.0372. The Labute approximate surface area is 114 Å². The number of hydrogen-bond donors (Lipinski definition) is 1. The summed E-state index contributed by atoms with van der Waals surface area (Å²) in [5.41, 5.74) is 0. The molecule has 2 amide bonds. The molecule has 0 atom stereocenters. The molecule has 0 aromatic carbocycles. The lowest BCUT2D eigenvalue weighted by Gasteiger charge is -2.32. The number of hydrogen-bond acceptors (Lipinski definition) is 3. The summed E-state index contributed by atoms with van der Waals surface area (Å²) in [6.45, 7) is 4.93. The number of Topliss-reactive ketones (excluding diaryl/α,β-unsaturated/α-hetero) is 1. The van der Waals surface area contributed by atoms with Crippen molar-refractivity contribution in [2.24, 2.45) is 0 Å². The molecule has 0 bridgehead atoms. The summed E-state index contributed by atoms with van der Waals surface area (Å²) in [6, 6.07) is 0.144. The van der Waals surface area contributed by atoms with Gasteiger partial charge in [0.1, 0.15) is 5.78 Å². The van der Waals surface area contributed by atoms with Crippen LogP contribution in [0.1, 0.15) is 52.4 Å². The van der Waals surface area contributed by atoms with Gasteiger partial charge >= 0.3 is 0 Å². The molecule has 1 rings (SSSR count). The van der Waals surface area contributed by atoms with Gasteiger partial charge in [-0.15, -0.1) is 0 Å². The van der Waals surface area contributed by atoms with Gasteiger partial charge in [-0.05, 0) is 26.2 Å². The van der Waals surface area contributed by atoms with E-state index in [1.54, 1.807) is 0 Å². The fourth-order valence-corrected chi connectivity index (χ4v) is 2.23. The summed E-state index contributed by atoms with van der Waals surface area (Å²) in [5, 5.41) is 2.94. The number of ketones is 1. The Balaban J connectivity index is 2.24. The Bertz CT molecular complexity index is 334. The fourth-order valence-electron chi connectivity index (χ4n) is 2.23. The molecule has 1 aliphatic rings. The van der Waals surface area contributed by atoms with Crippen LogP contribution in [0.25, 0.3) is 0 Å². The largest absolute Gasteiger partial charge is 0.353 e. The second-order valence-electron chi connectivity index (χ2n) is 5.17. The van der Waals surface area contributed by atoms with Gasteiger partial charge in [0, 0.05) is 38.4 Å². The zero-order valence-corrected chi connectivity index (χ0v) is 11.9. The van der Waals surface area contributed by atoms with Gasteiger partial charge < -0.3 is 15.0 Å². The van der Waals surface area contributed by atoms with Crippen LogP contribution in [-0.2, 0) is 14.4 Å². The third-order valence-electron chi connectivity index (χ3n) is 3.38. The van der Waals surface area contributed by atoms with Crippen LogP contribution in [0.15, 0.2) is 0 Å². The molecule has 0 aliphatic carbocycles. The number of carbonyl (C=O) groups excluding carboxylic acids is 3. The maximum atomic E-state index is 11.7. The van der Waals surface area contributed by atoms with Crippen molar-refractivity contribution in [3.05, 3.63) is 0 Å². The summed E-state index contributed by atoms with van der Waals surface area (Å²) >= 11 is 0. The summed E-state index contributed by atoms with van der Waals surface area (Å²) in [6.07, 6.45) is 3.67. The van der Waals surface area contributed by atoms with Crippen molar-refractivity contribution in [1.29, 1.82) is 0 Å². The number of amides is 2. The molecular formula is C14H24N2O3. The molecule has 0 saturated carbocycles. The first kappa shape index (κ1) is 15.7. The molecule has 5 heteroatoms. The molecule has 1 fully saturated rings. The lowest BCUT2D eigenvalue weighted by Crippen LogP contribution is -2.46. The van der Waals surface area contributed by atoms with Gasteiger partial charge in [-0.2, -0.15) is 0 Å². The van der Waals surface area contributed by atoms with Crippen molar-refractivity contribution >= 4 is 17.6 Å². The lowest BCUT2D eigenvalue weighted by atomic mass is 10.0. The molecule has 1 saturated heterocycles. The van der Waals surface area contributed by atoms with Gasteiger partial charge in [-0.25, -0.2) is 0 Å². The van der Waals surface area contributed by atoms with E-state index in [4.69, 9.17) is 0 Å². The van der Waals surface area contributed by atoms with E-state index in [9.17, 15) is 14.4 Å². The monoisotopic (exact) mass is 268 g/mol. The Morgan fingerprint density at radius 1 is 1.11 bits per heavy atom. The molecule has 0 aromatic rings. The third kappa shape index (κ3) is 5.85. The molecule has 1 N–H and O–H groups in total. The van der Waals surface area contributed by atoms with Crippen molar-refractivity contribution < 1.29 is 14.4 Å². The first-order valence-corrected chi connectivity index (χ1v) is 7.09. The van der Waals surface area contributed by atoms with E-state index in [2.05, 4.69) is 5.32 Å². The van der Waals surface area contributed by atoms with Gasteiger partial charge in [-0.3, -0.25) is 9.59 Å². The summed E-state index contributed by atoms with van der Waals surface area (Å²) in [5.74, 6) is 0.188. The van der Waals surface area contributed by atoms with E-state index in [0.717, 1.165) is 32.4 Å². The highest BCUT2D eigenvalue weighted by Crippen LogP contribution is 2.12. The number of nitrogens with one attached hydrogen (secondary N) is 1. The molecule has 0 unspecified atom stereocenters. The number of rotatable bonds is 6. The minimum Gasteiger partial charge on any atom is -0.353 e. The molecule has 5 nitrogen and oxygen atoms in total. The van der Waals surface area contributed by atoms with Gasteiger partial charge in [0.2, 0.25) is 11.8 Å². The van der Waals surface area contributed by atoms with Gasteiger partial charge in [0.25, 0.3) is 0 Å². The Morgan fingerprint density at radius 2 is 1.74 bits per heavy atom. The number of likely N-dealkylation sites (tertiary alicyclic amines) is 1. The van der Waals surface area contributed by atoms with E-state index in [1.807, 2.05) is 11.8 Å². The zero-order valence-electron chi connectivity index (χ0n) is 11.9. The van der Waals surface area contributed by atoms with Crippen molar-refractivity contribution in [3.8, 4) is 0 Å². The van der Waals surface area contributed by atoms with Crippen molar-refractivity contribution in [3.63, 3.8) is 0 Å². The van der Waals surface area contributed by atoms with Crippen LogP contribution in [0.5, 0.6) is 0 Å². The second kappa shape index (κ2) is 7.92. The standard InChI is InChI=1S/C14H24N2O3/c1-3-4-14(19)16-9-7-12(8-10-16)15-13(18)6-5-11(2)17/h12H,3-10H2,1-2H3,(H,15,18). The second-order valence-corrected chi connectivity index (χ2v) is 5.17. The first-order valence-electron chi connectivity index (χ1n) is 7.09. The van der Waals surface area contributed by atoms with Crippen LogP contribution in [0.4, 0.5) is 0 Å². The topological polar surface area (TPSA) is 66.5 Å².